The Morgan fingerprint density at radius 3 is 2.35 bits per heavy atom. The number of benzene rings is 2. The van der Waals surface area contributed by atoms with Crippen LogP contribution in [0.3, 0.4) is 0 Å². The van der Waals surface area contributed by atoms with Crippen molar-refractivity contribution in [1.82, 2.24) is 5.43 Å². The molecule has 0 aliphatic heterocycles. The Kier molecular flexibility index (Phi) is 7.00. The Labute approximate surface area is 161 Å². The number of amides is 1. The second-order valence-corrected chi connectivity index (χ2v) is 6.25. The second kappa shape index (κ2) is 9.22. The summed E-state index contributed by atoms with van der Waals surface area (Å²) in [5, 5.41) is 8.79. The molecule has 0 aromatic heterocycles. The molecule has 0 aliphatic carbocycles. The van der Waals surface area contributed by atoms with E-state index in [1.54, 1.807) is 44.2 Å². The molecule has 0 unspecified atom stereocenters. The lowest BCUT2D eigenvalue weighted by molar-refractivity contribution is -0.125. The smallest absolute Gasteiger partial charge is 0.280 e. The van der Waals surface area contributed by atoms with Gasteiger partial charge in [0.1, 0.15) is 0 Å². The molecule has 6 nitrogen and oxygen atoms in total. The summed E-state index contributed by atoms with van der Waals surface area (Å²) in [4.78, 5) is 16.8. The minimum Gasteiger partial charge on any atom is -0.399 e. The van der Waals surface area contributed by atoms with E-state index >= 15 is 0 Å². The summed E-state index contributed by atoms with van der Waals surface area (Å²) in [5.74, 6) is -0.425. The number of oxime groups is 1. The largest absolute Gasteiger partial charge is 0.399 e. The van der Waals surface area contributed by atoms with E-state index in [9.17, 15) is 4.79 Å². The van der Waals surface area contributed by atoms with Gasteiger partial charge in [-0.1, -0.05) is 46.6 Å². The van der Waals surface area contributed by atoms with Crippen LogP contribution < -0.4 is 11.2 Å². The topological polar surface area (TPSA) is 89.1 Å². The van der Waals surface area contributed by atoms with E-state index in [4.69, 9.17) is 33.8 Å². The number of halogens is 2. The van der Waals surface area contributed by atoms with Crippen LogP contribution in [0.1, 0.15) is 25.0 Å². The molecule has 0 heterocycles. The molecule has 0 fully saturated rings. The van der Waals surface area contributed by atoms with Gasteiger partial charge in [0.05, 0.1) is 21.5 Å². The summed E-state index contributed by atoms with van der Waals surface area (Å²) < 4.78 is 0. The Balaban J connectivity index is 1.87. The number of carbonyl (C=O) groups excluding carboxylic acids is 1. The third-order valence-corrected chi connectivity index (χ3v) is 4.15. The third kappa shape index (κ3) is 5.75. The van der Waals surface area contributed by atoms with Gasteiger partial charge in [0.2, 0.25) is 0 Å². The highest BCUT2D eigenvalue weighted by molar-refractivity contribution is 6.42. The molecule has 0 atom stereocenters. The van der Waals surface area contributed by atoms with E-state index in [0.717, 1.165) is 11.1 Å². The standard InChI is InChI=1S/C18H18Cl2N4O2/c1-11(13-3-6-15(21)7-4-13)22-23-18(25)10-26-24-12(2)14-5-8-16(19)17(20)9-14/h3-9H,10,21H2,1-2H3,(H,23,25)/b22-11-,24-12-. The summed E-state index contributed by atoms with van der Waals surface area (Å²) in [6.45, 7) is 3.25. The SMILES string of the molecule is C/C(=N/NC(=O)CO/N=C(/C)c1ccc(Cl)c(Cl)c1)c1ccc(N)cc1. The van der Waals surface area contributed by atoms with E-state index in [-0.39, 0.29) is 6.61 Å². The molecule has 0 saturated carbocycles. The highest BCUT2D eigenvalue weighted by Gasteiger charge is 2.05. The van der Waals surface area contributed by atoms with Crippen LogP contribution in [0.2, 0.25) is 10.0 Å². The van der Waals surface area contributed by atoms with E-state index in [0.29, 0.717) is 27.2 Å². The van der Waals surface area contributed by atoms with Crippen molar-refractivity contribution >= 4 is 46.2 Å². The second-order valence-electron chi connectivity index (χ2n) is 5.43. The van der Waals surface area contributed by atoms with Crippen molar-refractivity contribution in [3.8, 4) is 0 Å². The molecule has 2 rings (SSSR count). The highest BCUT2D eigenvalue weighted by atomic mass is 35.5. The van der Waals surface area contributed by atoms with Gasteiger partial charge in [-0.05, 0) is 43.7 Å². The predicted molar refractivity (Wildman–Crippen MR) is 106 cm³/mol. The maximum atomic E-state index is 11.8. The number of hydrazone groups is 1. The number of rotatable bonds is 6. The van der Waals surface area contributed by atoms with Crippen molar-refractivity contribution in [3.63, 3.8) is 0 Å². The first-order chi connectivity index (χ1) is 12.4. The molecule has 8 heteroatoms. The number of nitrogens with zero attached hydrogens (tertiary/aromatic N) is 2. The lowest BCUT2D eigenvalue weighted by Gasteiger charge is -2.05. The van der Waals surface area contributed by atoms with Crippen LogP contribution in [0.25, 0.3) is 0 Å². The van der Waals surface area contributed by atoms with Gasteiger partial charge >= 0.3 is 0 Å². The lowest BCUT2D eigenvalue weighted by Crippen LogP contribution is -2.23. The van der Waals surface area contributed by atoms with Crippen molar-refractivity contribution < 1.29 is 9.63 Å². The zero-order chi connectivity index (χ0) is 19.1. The van der Waals surface area contributed by atoms with Gasteiger partial charge < -0.3 is 10.6 Å². The average Bonchev–Trinajstić information content (AvgIpc) is 2.62. The summed E-state index contributed by atoms with van der Waals surface area (Å²) in [7, 11) is 0. The molecule has 0 bridgehead atoms. The first-order valence-corrected chi connectivity index (χ1v) is 8.43. The first-order valence-electron chi connectivity index (χ1n) is 7.68. The lowest BCUT2D eigenvalue weighted by atomic mass is 10.1. The first kappa shape index (κ1) is 19.8. The van der Waals surface area contributed by atoms with Crippen molar-refractivity contribution in [2.24, 2.45) is 10.3 Å². The Morgan fingerprint density at radius 2 is 1.69 bits per heavy atom. The summed E-state index contributed by atoms with van der Waals surface area (Å²) in [6.07, 6.45) is 0. The fourth-order valence-corrected chi connectivity index (χ4v) is 2.23. The average molecular weight is 393 g/mol. The van der Waals surface area contributed by atoms with Gasteiger partial charge in [0.15, 0.2) is 6.61 Å². The van der Waals surface area contributed by atoms with E-state index in [2.05, 4.69) is 15.7 Å². The van der Waals surface area contributed by atoms with Crippen LogP contribution in [0.5, 0.6) is 0 Å². The minimum atomic E-state index is -0.425. The number of nitrogen functional groups attached to an aromatic ring is 1. The number of nitrogens with two attached hydrogens (primary N) is 1. The molecule has 136 valence electrons. The molecule has 0 spiro atoms. The molecule has 2 aromatic rings. The number of anilines is 1. The zero-order valence-corrected chi connectivity index (χ0v) is 15.8. The van der Waals surface area contributed by atoms with Crippen molar-refractivity contribution in [2.45, 2.75) is 13.8 Å². The molecule has 2 aromatic carbocycles. The van der Waals surface area contributed by atoms with E-state index < -0.39 is 5.91 Å². The van der Waals surface area contributed by atoms with Crippen LogP contribution >= 0.6 is 23.2 Å². The maximum absolute atomic E-state index is 11.8. The molecule has 0 aliphatic rings. The van der Waals surface area contributed by atoms with Gasteiger partial charge in [0, 0.05) is 11.3 Å². The highest BCUT2D eigenvalue weighted by Crippen LogP contribution is 2.22. The summed E-state index contributed by atoms with van der Waals surface area (Å²) in [6, 6.07) is 12.3. The van der Waals surface area contributed by atoms with Crippen LogP contribution in [-0.4, -0.2) is 23.9 Å². The third-order valence-electron chi connectivity index (χ3n) is 3.41. The van der Waals surface area contributed by atoms with Gasteiger partial charge in [-0.25, -0.2) is 5.43 Å². The number of carbonyl (C=O) groups is 1. The van der Waals surface area contributed by atoms with Crippen molar-refractivity contribution in [1.29, 1.82) is 0 Å². The van der Waals surface area contributed by atoms with Gasteiger partial charge in [-0.2, -0.15) is 5.10 Å². The summed E-state index contributed by atoms with van der Waals surface area (Å²) in [5.41, 5.74) is 11.5. The quantitative estimate of drug-likeness (QED) is 0.444. The Hall–Kier alpha value is -2.57. The molecule has 3 N–H and O–H groups in total. The van der Waals surface area contributed by atoms with Gasteiger partial charge in [-0.3, -0.25) is 4.79 Å². The van der Waals surface area contributed by atoms with Crippen molar-refractivity contribution in [3.05, 3.63) is 63.6 Å². The van der Waals surface area contributed by atoms with Gasteiger partial charge in [0.25, 0.3) is 5.91 Å². The van der Waals surface area contributed by atoms with E-state index in [1.807, 2.05) is 12.1 Å². The van der Waals surface area contributed by atoms with Crippen LogP contribution in [-0.2, 0) is 9.63 Å². The predicted octanol–water partition coefficient (Wildman–Crippen LogP) is 3.86. The zero-order valence-electron chi connectivity index (χ0n) is 14.3. The number of hydrogen-bond donors (Lipinski definition) is 2. The number of hydrogen-bond acceptors (Lipinski definition) is 5. The van der Waals surface area contributed by atoms with E-state index in [1.165, 1.54) is 0 Å². The summed E-state index contributed by atoms with van der Waals surface area (Å²) >= 11 is 11.8. The van der Waals surface area contributed by atoms with Crippen LogP contribution in [0, 0.1) is 0 Å². The van der Waals surface area contributed by atoms with Gasteiger partial charge in [-0.15, -0.1) is 0 Å². The molecule has 1 amide bonds. The monoisotopic (exact) mass is 392 g/mol. The number of nitrogens with one attached hydrogen (secondary N) is 1. The molecule has 26 heavy (non-hydrogen) atoms. The normalized spacial score (nSPS) is 12.0. The molecular weight excluding hydrogens is 375 g/mol. The minimum absolute atomic E-state index is 0.267. The Morgan fingerprint density at radius 1 is 1.04 bits per heavy atom. The molecule has 0 saturated heterocycles. The molecular formula is C18H18Cl2N4O2. The van der Waals surface area contributed by atoms with Crippen LogP contribution in [0.15, 0.2) is 52.7 Å². The fraction of sp³-hybridized carbons (Fsp3) is 0.167. The molecule has 0 radical (unpaired) electrons. The maximum Gasteiger partial charge on any atom is 0.280 e. The Bertz CT molecular complexity index is 849. The van der Waals surface area contributed by atoms with Crippen molar-refractivity contribution in [2.75, 3.05) is 12.3 Å². The van der Waals surface area contributed by atoms with Crippen LogP contribution in [0.4, 0.5) is 5.69 Å². The fourth-order valence-electron chi connectivity index (χ4n) is 1.93.